The summed E-state index contributed by atoms with van der Waals surface area (Å²) in [6.07, 6.45) is 7.56. The molecule has 1 N–H and O–H groups in total. The van der Waals surface area contributed by atoms with E-state index in [0.29, 0.717) is 49.0 Å². The highest BCUT2D eigenvalue weighted by Gasteiger charge is 2.23. The fourth-order valence-corrected chi connectivity index (χ4v) is 5.77. The molecule has 0 atom stereocenters. The lowest BCUT2D eigenvalue weighted by Crippen LogP contribution is -2.27. The van der Waals surface area contributed by atoms with E-state index in [9.17, 15) is 14.4 Å². The van der Waals surface area contributed by atoms with Crippen molar-refractivity contribution < 1.29 is 14.4 Å². The van der Waals surface area contributed by atoms with Gasteiger partial charge < -0.3 is 14.4 Å². The van der Waals surface area contributed by atoms with Crippen LogP contribution in [-0.2, 0) is 16.1 Å². The smallest absolute Gasteiger partial charge is 0.277 e. The molecule has 5 rings (SSSR count). The van der Waals surface area contributed by atoms with Gasteiger partial charge in [-0.1, -0.05) is 12.8 Å². The first-order chi connectivity index (χ1) is 17.5. The number of aryl methyl sites for hydroxylation is 1. The van der Waals surface area contributed by atoms with Crippen molar-refractivity contribution in [2.24, 2.45) is 5.92 Å². The molecule has 1 saturated carbocycles. The molecular weight excluding hydrogens is 476 g/mol. The van der Waals surface area contributed by atoms with Crippen LogP contribution < -0.4 is 10.2 Å². The van der Waals surface area contributed by atoms with Gasteiger partial charge in [-0.05, 0) is 49.8 Å². The number of thiazole rings is 1. The zero-order valence-corrected chi connectivity index (χ0v) is 21.4. The van der Waals surface area contributed by atoms with Crippen LogP contribution in [0.25, 0.3) is 11.0 Å². The minimum atomic E-state index is -0.313. The summed E-state index contributed by atoms with van der Waals surface area (Å²) in [7, 11) is 1.81. The van der Waals surface area contributed by atoms with Gasteiger partial charge in [0.05, 0.1) is 16.5 Å². The number of likely N-dealkylation sites (tertiary alicyclic amines) is 1. The van der Waals surface area contributed by atoms with E-state index in [2.05, 4.69) is 10.3 Å². The van der Waals surface area contributed by atoms with Gasteiger partial charge in [0.2, 0.25) is 17.8 Å². The number of hydrogen-bond acceptors (Lipinski definition) is 6. The first kappa shape index (κ1) is 24.4. The summed E-state index contributed by atoms with van der Waals surface area (Å²) >= 11 is 1.36. The summed E-state index contributed by atoms with van der Waals surface area (Å²) in [6.45, 7) is 2.08. The van der Waals surface area contributed by atoms with Gasteiger partial charge >= 0.3 is 0 Å². The number of imidazole rings is 1. The number of amides is 3. The number of hydrogen-bond donors (Lipinski definition) is 1. The maximum atomic E-state index is 12.9. The second kappa shape index (κ2) is 10.8. The number of fused-ring (bicyclic) bond motifs is 1. The van der Waals surface area contributed by atoms with Crippen molar-refractivity contribution in [3.05, 3.63) is 34.8 Å². The maximum absolute atomic E-state index is 12.9. The highest BCUT2D eigenvalue weighted by molar-refractivity contribution is 7.07. The van der Waals surface area contributed by atoms with Crippen LogP contribution in [0, 0.1) is 5.92 Å². The molecule has 9 nitrogen and oxygen atoms in total. The molecule has 36 heavy (non-hydrogen) atoms. The highest BCUT2D eigenvalue weighted by Crippen LogP contribution is 2.30. The van der Waals surface area contributed by atoms with Crippen molar-refractivity contribution in [1.29, 1.82) is 0 Å². The monoisotopic (exact) mass is 508 g/mol. The molecule has 0 bridgehead atoms. The van der Waals surface area contributed by atoms with Crippen LogP contribution in [0.5, 0.6) is 0 Å². The molecule has 10 heteroatoms. The Morgan fingerprint density at radius 3 is 2.75 bits per heavy atom. The zero-order valence-electron chi connectivity index (χ0n) is 20.6. The van der Waals surface area contributed by atoms with Crippen LogP contribution in [0.1, 0.15) is 61.9 Å². The first-order valence-electron chi connectivity index (χ1n) is 12.7. The molecule has 1 saturated heterocycles. The number of carbonyl (C=O) groups excluding carboxylic acids is 3. The molecule has 2 aliphatic rings. The molecule has 3 amide bonds. The number of nitrogens with zero attached hydrogens (tertiary/aromatic N) is 5. The fraction of sp³-hybridized carbons (Fsp3) is 0.500. The van der Waals surface area contributed by atoms with Gasteiger partial charge in [0.15, 0.2) is 0 Å². The van der Waals surface area contributed by atoms with E-state index < -0.39 is 0 Å². The lowest BCUT2D eigenvalue weighted by molar-refractivity contribution is -0.127. The average Bonchev–Trinajstić information content (AvgIpc) is 3.68. The van der Waals surface area contributed by atoms with Gasteiger partial charge in [-0.2, -0.15) is 0 Å². The minimum absolute atomic E-state index is 0.119. The molecule has 2 fully saturated rings. The summed E-state index contributed by atoms with van der Waals surface area (Å²) in [5, 5.41) is 4.60. The normalized spacial score (nSPS) is 16.2. The average molecular weight is 509 g/mol. The van der Waals surface area contributed by atoms with Crippen molar-refractivity contribution in [2.75, 3.05) is 30.4 Å². The molecule has 3 heterocycles. The summed E-state index contributed by atoms with van der Waals surface area (Å²) in [5.41, 5.74) is 4.33. The van der Waals surface area contributed by atoms with Crippen LogP contribution in [0.2, 0.25) is 0 Å². The largest absolute Gasteiger partial charge is 0.343 e. The summed E-state index contributed by atoms with van der Waals surface area (Å²) in [6, 6.07) is 5.79. The Morgan fingerprint density at radius 2 is 2.03 bits per heavy atom. The van der Waals surface area contributed by atoms with E-state index in [-0.39, 0.29) is 17.7 Å². The van der Waals surface area contributed by atoms with Crippen LogP contribution in [0.4, 0.5) is 11.6 Å². The second-order valence-electron chi connectivity index (χ2n) is 9.73. The third kappa shape index (κ3) is 5.28. The summed E-state index contributed by atoms with van der Waals surface area (Å²) < 4.78 is 1.98. The quantitative estimate of drug-likeness (QED) is 0.464. The van der Waals surface area contributed by atoms with Crippen molar-refractivity contribution in [3.63, 3.8) is 0 Å². The van der Waals surface area contributed by atoms with Gasteiger partial charge in [0.25, 0.3) is 5.91 Å². The van der Waals surface area contributed by atoms with E-state index in [1.54, 1.807) is 15.8 Å². The maximum Gasteiger partial charge on any atom is 0.277 e. The molecule has 190 valence electrons. The van der Waals surface area contributed by atoms with Crippen molar-refractivity contribution in [2.45, 2.75) is 57.9 Å². The number of rotatable bonds is 9. The van der Waals surface area contributed by atoms with E-state index in [1.165, 1.54) is 24.2 Å². The first-order valence-corrected chi connectivity index (χ1v) is 13.7. The van der Waals surface area contributed by atoms with E-state index in [0.717, 1.165) is 43.4 Å². The Hall–Kier alpha value is -3.27. The molecule has 3 aromatic rings. The van der Waals surface area contributed by atoms with Gasteiger partial charge in [-0.25, -0.2) is 9.97 Å². The number of benzene rings is 1. The van der Waals surface area contributed by atoms with Crippen LogP contribution in [0.15, 0.2) is 29.1 Å². The zero-order chi connectivity index (χ0) is 25.1. The number of nitrogens with one attached hydrogen (secondary N) is 1. The van der Waals surface area contributed by atoms with Crippen LogP contribution in [-0.4, -0.2) is 57.3 Å². The molecule has 0 spiro atoms. The Morgan fingerprint density at radius 1 is 1.19 bits per heavy atom. The van der Waals surface area contributed by atoms with Crippen molar-refractivity contribution in [1.82, 2.24) is 19.4 Å². The molecule has 0 unspecified atom stereocenters. The van der Waals surface area contributed by atoms with Gasteiger partial charge in [-0.3, -0.25) is 19.7 Å². The van der Waals surface area contributed by atoms with Crippen molar-refractivity contribution >= 4 is 51.7 Å². The Bertz CT molecular complexity index is 1250. The predicted octanol–water partition coefficient (Wildman–Crippen LogP) is 4.30. The van der Waals surface area contributed by atoms with Gasteiger partial charge in [0, 0.05) is 50.6 Å². The fourth-order valence-electron chi connectivity index (χ4n) is 5.24. The van der Waals surface area contributed by atoms with Gasteiger partial charge in [-0.15, -0.1) is 11.3 Å². The number of aromatic nitrogens is 3. The Balaban J connectivity index is 1.37. The van der Waals surface area contributed by atoms with Gasteiger partial charge in [0.1, 0.15) is 5.69 Å². The van der Waals surface area contributed by atoms with E-state index in [1.807, 2.05) is 34.7 Å². The highest BCUT2D eigenvalue weighted by atomic mass is 32.1. The SMILES string of the molecule is CN(C(=O)CC1CCCC1)c1ccc2c(c1)nc(NC(=O)c1cscn1)n2CCCN1CCCC1=O. The lowest BCUT2D eigenvalue weighted by atomic mass is 10.0. The summed E-state index contributed by atoms with van der Waals surface area (Å²) in [4.78, 5) is 50.0. The second-order valence-corrected chi connectivity index (χ2v) is 10.5. The molecular formula is C26H32N6O3S. The van der Waals surface area contributed by atoms with E-state index >= 15 is 0 Å². The number of anilines is 2. The minimum Gasteiger partial charge on any atom is -0.343 e. The van der Waals surface area contributed by atoms with Crippen LogP contribution >= 0.6 is 11.3 Å². The van der Waals surface area contributed by atoms with Crippen molar-refractivity contribution in [3.8, 4) is 0 Å². The standard InChI is InChI=1S/C26H32N6O3S/c1-30(24(34)14-18-6-2-3-7-18)19-9-10-22-20(15-19)28-26(29-25(35)21-16-36-17-27-21)32(22)13-5-12-31-11-4-8-23(31)33/h9-10,15-18H,2-8,11-14H2,1H3,(H,28,29,35). The summed E-state index contributed by atoms with van der Waals surface area (Å²) in [5.74, 6) is 0.933. The lowest BCUT2D eigenvalue weighted by Gasteiger charge is -2.19. The molecule has 1 aromatic carbocycles. The third-order valence-electron chi connectivity index (χ3n) is 7.30. The Kier molecular flexibility index (Phi) is 7.31. The Labute approximate surface area is 214 Å². The third-order valence-corrected chi connectivity index (χ3v) is 7.89. The van der Waals surface area contributed by atoms with Crippen LogP contribution in [0.3, 0.4) is 0 Å². The predicted molar refractivity (Wildman–Crippen MR) is 140 cm³/mol. The molecule has 0 radical (unpaired) electrons. The topological polar surface area (TPSA) is 100 Å². The van der Waals surface area contributed by atoms with E-state index in [4.69, 9.17) is 4.98 Å². The number of carbonyl (C=O) groups is 3. The molecule has 1 aliphatic carbocycles. The molecule has 2 aromatic heterocycles. The molecule has 1 aliphatic heterocycles.